The zero-order valence-corrected chi connectivity index (χ0v) is 14.5. The summed E-state index contributed by atoms with van der Waals surface area (Å²) in [6.45, 7) is 3.14. The molecule has 0 fully saturated rings. The lowest BCUT2D eigenvalue weighted by molar-refractivity contribution is -0.121. The highest BCUT2D eigenvalue weighted by atomic mass is 32.2. The lowest BCUT2D eigenvalue weighted by Gasteiger charge is -2.14. The molecule has 0 unspecified atom stereocenters. The molecule has 0 saturated heterocycles. The SMILES string of the molecule is COCCn1cnnc1[C@@H](C)NC(=O)Cc1ccc(SC)cc1. The number of ether oxygens (including phenoxy) is 1. The van der Waals surface area contributed by atoms with Crippen molar-refractivity contribution in [3.05, 3.63) is 42.0 Å². The molecular weight excluding hydrogens is 312 g/mol. The number of methoxy groups -OCH3 is 1. The molecule has 1 atom stereocenters. The molecule has 0 spiro atoms. The van der Waals surface area contributed by atoms with E-state index in [0.717, 1.165) is 11.4 Å². The summed E-state index contributed by atoms with van der Waals surface area (Å²) in [5, 5.41) is 11.0. The van der Waals surface area contributed by atoms with Crippen molar-refractivity contribution in [2.24, 2.45) is 0 Å². The first-order valence-corrected chi connectivity index (χ1v) is 8.65. The van der Waals surface area contributed by atoms with Crippen molar-refractivity contribution in [1.29, 1.82) is 0 Å². The fourth-order valence-corrected chi connectivity index (χ4v) is 2.66. The Bertz CT molecular complexity index is 627. The number of rotatable bonds is 8. The number of hydrogen-bond acceptors (Lipinski definition) is 5. The second-order valence-corrected chi connectivity index (χ2v) is 6.07. The van der Waals surface area contributed by atoms with Crippen LogP contribution < -0.4 is 5.32 Å². The van der Waals surface area contributed by atoms with Gasteiger partial charge >= 0.3 is 0 Å². The van der Waals surface area contributed by atoms with E-state index in [1.54, 1.807) is 25.2 Å². The smallest absolute Gasteiger partial charge is 0.224 e. The molecule has 0 aliphatic heterocycles. The van der Waals surface area contributed by atoms with Crippen LogP contribution in [0.3, 0.4) is 0 Å². The van der Waals surface area contributed by atoms with Gasteiger partial charge in [-0.1, -0.05) is 12.1 Å². The summed E-state index contributed by atoms with van der Waals surface area (Å²) in [7, 11) is 1.65. The Morgan fingerprint density at radius 1 is 1.39 bits per heavy atom. The van der Waals surface area contributed by atoms with Gasteiger partial charge in [-0.25, -0.2) is 0 Å². The maximum Gasteiger partial charge on any atom is 0.224 e. The van der Waals surface area contributed by atoms with Gasteiger partial charge < -0.3 is 14.6 Å². The molecule has 1 aromatic carbocycles. The first-order chi connectivity index (χ1) is 11.1. The van der Waals surface area contributed by atoms with E-state index in [0.29, 0.717) is 19.6 Å². The van der Waals surface area contributed by atoms with Gasteiger partial charge in [-0.05, 0) is 30.9 Å². The minimum absolute atomic E-state index is 0.0318. The fourth-order valence-electron chi connectivity index (χ4n) is 2.25. The number of aromatic nitrogens is 3. The molecule has 1 amide bonds. The van der Waals surface area contributed by atoms with Crippen molar-refractivity contribution in [2.75, 3.05) is 20.0 Å². The normalized spacial score (nSPS) is 12.1. The summed E-state index contributed by atoms with van der Waals surface area (Å²) in [6.07, 6.45) is 4.03. The Hall–Kier alpha value is -1.86. The number of thioether (sulfide) groups is 1. The predicted octanol–water partition coefficient (Wildman–Crippen LogP) is 2.07. The highest BCUT2D eigenvalue weighted by Crippen LogP contribution is 2.15. The van der Waals surface area contributed by atoms with Crippen molar-refractivity contribution >= 4 is 17.7 Å². The molecule has 1 aromatic heterocycles. The highest BCUT2D eigenvalue weighted by Gasteiger charge is 2.15. The Morgan fingerprint density at radius 2 is 2.13 bits per heavy atom. The maximum atomic E-state index is 12.2. The van der Waals surface area contributed by atoms with Gasteiger partial charge in [0.15, 0.2) is 5.82 Å². The monoisotopic (exact) mass is 334 g/mol. The van der Waals surface area contributed by atoms with Gasteiger partial charge in [0.05, 0.1) is 19.1 Å². The second kappa shape index (κ2) is 8.69. The lowest BCUT2D eigenvalue weighted by atomic mass is 10.1. The summed E-state index contributed by atoms with van der Waals surface area (Å²) < 4.78 is 6.95. The third-order valence-electron chi connectivity index (χ3n) is 3.47. The van der Waals surface area contributed by atoms with Crippen LogP contribution in [0.1, 0.15) is 24.4 Å². The first kappa shape index (κ1) is 17.5. The molecular formula is C16H22N4O2S. The summed E-state index contributed by atoms with van der Waals surface area (Å²) in [5.41, 5.74) is 0.994. The van der Waals surface area contributed by atoms with Crippen LogP contribution in [0.2, 0.25) is 0 Å². The topological polar surface area (TPSA) is 69.0 Å². The molecule has 2 rings (SSSR count). The zero-order valence-electron chi connectivity index (χ0n) is 13.7. The molecule has 7 heteroatoms. The van der Waals surface area contributed by atoms with Crippen molar-refractivity contribution in [3.8, 4) is 0 Å². The summed E-state index contributed by atoms with van der Waals surface area (Å²) >= 11 is 1.68. The zero-order chi connectivity index (χ0) is 16.7. The van der Waals surface area contributed by atoms with Gasteiger partial charge in [-0.2, -0.15) is 0 Å². The largest absolute Gasteiger partial charge is 0.383 e. The van der Waals surface area contributed by atoms with E-state index in [1.165, 1.54) is 4.90 Å². The van der Waals surface area contributed by atoms with E-state index in [2.05, 4.69) is 15.5 Å². The van der Waals surface area contributed by atoms with Crippen LogP contribution in [-0.2, 0) is 22.5 Å². The number of nitrogens with one attached hydrogen (secondary N) is 1. The predicted molar refractivity (Wildman–Crippen MR) is 90.4 cm³/mol. The van der Waals surface area contributed by atoms with Crippen LogP contribution in [0.25, 0.3) is 0 Å². The number of nitrogens with zero attached hydrogens (tertiary/aromatic N) is 3. The Kier molecular flexibility index (Phi) is 6.61. The van der Waals surface area contributed by atoms with E-state index in [-0.39, 0.29) is 11.9 Å². The van der Waals surface area contributed by atoms with Gasteiger partial charge in [0.25, 0.3) is 0 Å². The summed E-state index contributed by atoms with van der Waals surface area (Å²) in [6, 6.07) is 7.82. The molecule has 1 heterocycles. The number of benzene rings is 1. The molecule has 0 bridgehead atoms. The van der Waals surface area contributed by atoms with Crippen LogP contribution in [0.15, 0.2) is 35.5 Å². The molecule has 1 N–H and O–H groups in total. The maximum absolute atomic E-state index is 12.2. The van der Waals surface area contributed by atoms with Crippen molar-refractivity contribution in [1.82, 2.24) is 20.1 Å². The van der Waals surface area contributed by atoms with Crippen molar-refractivity contribution < 1.29 is 9.53 Å². The third-order valence-corrected chi connectivity index (χ3v) is 4.21. The van der Waals surface area contributed by atoms with Gasteiger partial charge in [-0.15, -0.1) is 22.0 Å². The molecule has 124 valence electrons. The molecule has 2 aromatic rings. The van der Waals surface area contributed by atoms with Crippen molar-refractivity contribution in [2.45, 2.75) is 30.8 Å². The van der Waals surface area contributed by atoms with E-state index in [9.17, 15) is 4.79 Å². The minimum Gasteiger partial charge on any atom is -0.383 e. The standard InChI is InChI=1S/C16H22N4O2S/c1-12(16-19-17-11-20(16)8-9-22-2)18-15(21)10-13-4-6-14(23-3)7-5-13/h4-7,11-12H,8-10H2,1-3H3,(H,18,21)/t12-/m1/s1. The molecule has 6 nitrogen and oxygen atoms in total. The quantitative estimate of drug-likeness (QED) is 0.749. The molecule has 0 aliphatic rings. The second-order valence-electron chi connectivity index (χ2n) is 5.19. The number of carbonyl (C=O) groups is 1. The van der Waals surface area contributed by atoms with E-state index in [4.69, 9.17) is 4.74 Å². The Morgan fingerprint density at radius 3 is 2.78 bits per heavy atom. The van der Waals surface area contributed by atoms with Gasteiger partial charge in [-0.3, -0.25) is 4.79 Å². The van der Waals surface area contributed by atoms with Gasteiger partial charge in [0.2, 0.25) is 5.91 Å². The molecule has 0 aliphatic carbocycles. The fraction of sp³-hybridized carbons (Fsp3) is 0.438. The van der Waals surface area contributed by atoms with Crippen molar-refractivity contribution in [3.63, 3.8) is 0 Å². The van der Waals surface area contributed by atoms with Crippen LogP contribution in [0.5, 0.6) is 0 Å². The molecule has 23 heavy (non-hydrogen) atoms. The van der Waals surface area contributed by atoms with Crippen LogP contribution >= 0.6 is 11.8 Å². The van der Waals surface area contributed by atoms with Gasteiger partial charge in [0.1, 0.15) is 6.33 Å². The van der Waals surface area contributed by atoms with Crippen LogP contribution in [0.4, 0.5) is 0 Å². The van der Waals surface area contributed by atoms with Crippen LogP contribution in [0, 0.1) is 0 Å². The Labute approximate surface area is 140 Å². The van der Waals surface area contributed by atoms with Crippen LogP contribution in [-0.4, -0.2) is 40.6 Å². The summed E-state index contributed by atoms with van der Waals surface area (Å²) in [4.78, 5) is 13.4. The lowest BCUT2D eigenvalue weighted by Crippen LogP contribution is -2.30. The minimum atomic E-state index is -0.202. The van der Waals surface area contributed by atoms with E-state index in [1.807, 2.05) is 42.0 Å². The van der Waals surface area contributed by atoms with E-state index >= 15 is 0 Å². The highest BCUT2D eigenvalue weighted by molar-refractivity contribution is 7.98. The first-order valence-electron chi connectivity index (χ1n) is 7.43. The third kappa shape index (κ3) is 5.07. The van der Waals surface area contributed by atoms with E-state index < -0.39 is 0 Å². The molecule has 0 saturated carbocycles. The molecule has 0 radical (unpaired) electrons. The Balaban J connectivity index is 1.92. The number of carbonyl (C=O) groups excluding carboxylic acids is 1. The average Bonchev–Trinajstić information content (AvgIpc) is 3.02. The van der Waals surface area contributed by atoms with Gasteiger partial charge in [0, 0.05) is 18.6 Å². The number of amides is 1. The number of hydrogen-bond donors (Lipinski definition) is 1. The average molecular weight is 334 g/mol. The summed E-state index contributed by atoms with van der Waals surface area (Å²) in [5.74, 6) is 0.698.